The fourth-order valence-corrected chi connectivity index (χ4v) is 3.09. The lowest BCUT2D eigenvalue weighted by atomic mass is 10.1. The van der Waals surface area contributed by atoms with Crippen molar-refractivity contribution in [1.82, 2.24) is 0 Å². The topological polar surface area (TPSA) is 36.9 Å². The molecule has 0 bridgehead atoms. The number of hydrogen-bond donors (Lipinski definition) is 0. The van der Waals surface area contributed by atoms with Crippen molar-refractivity contribution < 1.29 is 18.9 Å². The number of ether oxygens (including phenoxy) is 4. The van der Waals surface area contributed by atoms with E-state index in [0.29, 0.717) is 6.61 Å². The van der Waals surface area contributed by atoms with Crippen molar-refractivity contribution in [1.29, 1.82) is 0 Å². The summed E-state index contributed by atoms with van der Waals surface area (Å²) in [5, 5.41) is 4.14. The van der Waals surface area contributed by atoms with Gasteiger partial charge in [0.15, 0.2) is 12.1 Å². The molecule has 18 heavy (non-hydrogen) atoms. The van der Waals surface area contributed by atoms with E-state index in [1.165, 1.54) is 5.56 Å². The fraction of sp³-hybridized carbons (Fsp3) is 0.692. The zero-order chi connectivity index (χ0) is 12.8. The van der Waals surface area contributed by atoms with Gasteiger partial charge in [-0.05, 0) is 43.2 Å². The van der Waals surface area contributed by atoms with E-state index >= 15 is 0 Å². The maximum absolute atomic E-state index is 5.94. The molecule has 100 valence electrons. The third-order valence-electron chi connectivity index (χ3n) is 3.25. The van der Waals surface area contributed by atoms with Gasteiger partial charge in [-0.1, -0.05) is 0 Å². The molecule has 0 spiro atoms. The third-order valence-corrected chi connectivity index (χ3v) is 3.98. The molecule has 4 nitrogen and oxygen atoms in total. The zero-order valence-electron chi connectivity index (χ0n) is 10.8. The first-order valence-corrected chi connectivity index (χ1v) is 7.13. The molecule has 3 heterocycles. The van der Waals surface area contributed by atoms with Crippen LogP contribution < -0.4 is 0 Å². The Kier molecular flexibility index (Phi) is 3.20. The normalized spacial score (nSPS) is 37.9. The molecule has 4 atom stereocenters. The van der Waals surface area contributed by atoms with Crippen LogP contribution in [0.15, 0.2) is 16.8 Å². The van der Waals surface area contributed by atoms with Crippen LogP contribution in [0.2, 0.25) is 0 Å². The van der Waals surface area contributed by atoms with Crippen molar-refractivity contribution >= 4 is 11.3 Å². The predicted octanol–water partition coefficient (Wildman–Crippen LogP) is 2.53. The number of rotatable bonds is 3. The summed E-state index contributed by atoms with van der Waals surface area (Å²) in [7, 11) is 0. The fourth-order valence-electron chi connectivity index (χ4n) is 2.44. The lowest BCUT2D eigenvalue weighted by molar-refractivity contribution is -0.216. The molecule has 0 aliphatic carbocycles. The first kappa shape index (κ1) is 12.6. The molecule has 0 saturated carbocycles. The highest BCUT2D eigenvalue weighted by atomic mass is 32.1. The van der Waals surface area contributed by atoms with Gasteiger partial charge in [-0.15, -0.1) is 0 Å². The second-order valence-corrected chi connectivity index (χ2v) is 6.00. The average Bonchev–Trinajstić information content (AvgIpc) is 2.92. The van der Waals surface area contributed by atoms with Gasteiger partial charge >= 0.3 is 0 Å². The number of fused-ring (bicyclic) bond motifs is 1. The monoisotopic (exact) mass is 270 g/mol. The van der Waals surface area contributed by atoms with Crippen LogP contribution >= 0.6 is 11.3 Å². The van der Waals surface area contributed by atoms with Crippen LogP contribution in [0.3, 0.4) is 0 Å². The van der Waals surface area contributed by atoms with Crippen molar-refractivity contribution in [2.45, 2.75) is 57.8 Å². The zero-order valence-corrected chi connectivity index (χ0v) is 11.6. The standard InChI is InChI=1S/C13H18O4S/c1-8-10(14-6-9-4-5-18-7-9)11-12(15-8)17-13(2,3)16-11/h4-5,7-8,10-12H,6H2,1-3H3/t8-,10+,11-,12-/m1/s1. The molecule has 1 aromatic rings. The minimum atomic E-state index is -0.584. The molecular formula is C13H18O4S. The first-order chi connectivity index (χ1) is 8.55. The van der Waals surface area contributed by atoms with Crippen LogP contribution in [0.1, 0.15) is 26.3 Å². The number of hydrogen-bond acceptors (Lipinski definition) is 5. The van der Waals surface area contributed by atoms with Crippen molar-refractivity contribution in [2.24, 2.45) is 0 Å². The van der Waals surface area contributed by atoms with Crippen LogP contribution in [0.4, 0.5) is 0 Å². The van der Waals surface area contributed by atoms with E-state index in [0.717, 1.165) is 0 Å². The van der Waals surface area contributed by atoms with Crippen LogP contribution in [0, 0.1) is 0 Å². The Balaban J connectivity index is 1.64. The third kappa shape index (κ3) is 2.33. The molecule has 3 rings (SSSR count). The second kappa shape index (κ2) is 4.58. The van der Waals surface area contributed by atoms with Gasteiger partial charge in [-0.25, -0.2) is 0 Å². The summed E-state index contributed by atoms with van der Waals surface area (Å²) < 4.78 is 23.2. The Hall–Kier alpha value is -0.460. The van der Waals surface area contributed by atoms with E-state index in [1.54, 1.807) is 11.3 Å². The average molecular weight is 270 g/mol. The molecule has 2 aliphatic rings. The molecule has 0 unspecified atom stereocenters. The summed E-state index contributed by atoms with van der Waals surface area (Å²) in [6.45, 7) is 6.38. The van der Waals surface area contributed by atoms with Gasteiger partial charge in [0.1, 0.15) is 12.2 Å². The Morgan fingerprint density at radius 2 is 2.22 bits per heavy atom. The highest BCUT2D eigenvalue weighted by Crippen LogP contribution is 2.38. The second-order valence-electron chi connectivity index (χ2n) is 5.22. The highest BCUT2D eigenvalue weighted by molar-refractivity contribution is 7.07. The predicted molar refractivity (Wildman–Crippen MR) is 67.3 cm³/mol. The van der Waals surface area contributed by atoms with Crippen molar-refractivity contribution in [3.8, 4) is 0 Å². The highest BCUT2D eigenvalue weighted by Gasteiger charge is 2.54. The Bertz CT molecular complexity index is 403. The summed E-state index contributed by atoms with van der Waals surface area (Å²) in [6, 6.07) is 2.07. The van der Waals surface area contributed by atoms with E-state index in [2.05, 4.69) is 11.4 Å². The van der Waals surface area contributed by atoms with E-state index < -0.39 is 5.79 Å². The molecular weight excluding hydrogens is 252 g/mol. The lowest BCUT2D eigenvalue weighted by Gasteiger charge is -2.24. The summed E-state index contributed by atoms with van der Waals surface area (Å²) in [5.41, 5.74) is 1.19. The maximum atomic E-state index is 5.94. The van der Waals surface area contributed by atoms with E-state index in [-0.39, 0.29) is 24.6 Å². The van der Waals surface area contributed by atoms with E-state index in [9.17, 15) is 0 Å². The summed E-state index contributed by atoms with van der Waals surface area (Å²) in [5.74, 6) is -0.584. The molecule has 2 aliphatic heterocycles. The molecule has 1 aromatic heterocycles. The first-order valence-electron chi connectivity index (χ1n) is 6.19. The molecule has 0 N–H and O–H groups in total. The molecule has 5 heteroatoms. The SMILES string of the molecule is C[C@H]1O[C@@H]2OC(C)(C)O[C@@H]2[C@H]1OCc1ccsc1. The van der Waals surface area contributed by atoms with E-state index in [4.69, 9.17) is 18.9 Å². The van der Waals surface area contributed by atoms with Crippen LogP contribution in [0.5, 0.6) is 0 Å². The van der Waals surface area contributed by atoms with Crippen molar-refractivity contribution in [2.75, 3.05) is 0 Å². The van der Waals surface area contributed by atoms with Crippen molar-refractivity contribution in [3.63, 3.8) is 0 Å². The van der Waals surface area contributed by atoms with Gasteiger partial charge in [0.25, 0.3) is 0 Å². The summed E-state index contributed by atoms with van der Waals surface area (Å²) >= 11 is 1.67. The summed E-state index contributed by atoms with van der Waals surface area (Å²) in [6.07, 6.45) is -0.512. The summed E-state index contributed by atoms with van der Waals surface area (Å²) in [4.78, 5) is 0. The molecule has 2 fully saturated rings. The van der Waals surface area contributed by atoms with E-state index in [1.807, 2.05) is 26.2 Å². The Morgan fingerprint density at radius 3 is 2.94 bits per heavy atom. The molecule has 0 amide bonds. The minimum Gasteiger partial charge on any atom is -0.368 e. The van der Waals surface area contributed by atoms with Crippen LogP contribution in [-0.2, 0) is 25.6 Å². The minimum absolute atomic E-state index is 0.00487. The van der Waals surface area contributed by atoms with Gasteiger partial charge in [0.05, 0.1) is 12.7 Å². The van der Waals surface area contributed by atoms with Gasteiger partial charge < -0.3 is 18.9 Å². The Labute approximate surface area is 111 Å². The van der Waals surface area contributed by atoms with Gasteiger partial charge in [-0.3, -0.25) is 0 Å². The van der Waals surface area contributed by atoms with Gasteiger partial charge in [0.2, 0.25) is 0 Å². The number of thiophene rings is 1. The molecule has 0 radical (unpaired) electrons. The van der Waals surface area contributed by atoms with Crippen molar-refractivity contribution in [3.05, 3.63) is 22.4 Å². The molecule has 2 saturated heterocycles. The lowest BCUT2D eigenvalue weighted by Crippen LogP contribution is -2.35. The largest absolute Gasteiger partial charge is 0.368 e. The van der Waals surface area contributed by atoms with Gasteiger partial charge in [-0.2, -0.15) is 11.3 Å². The van der Waals surface area contributed by atoms with Crippen LogP contribution in [0.25, 0.3) is 0 Å². The maximum Gasteiger partial charge on any atom is 0.190 e. The van der Waals surface area contributed by atoms with Gasteiger partial charge in [0, 0.05) is 0 Å². The Morgan fingerprint density at radius 1 is 1.39 bits per heavy atom. The smallest absolute Gasteiger partial charge is 0.190 e. The quantitative estimate of drug-likeness (QED) is 0.845. The van der Waals surface area contributed by atoms with Crippen LogP contribution in [-0.4, -0.2) is 30.4 Å². The molecule has 0 aromatic carbocycles.